The molecule has 154 valence electrons. The first-order valence-corrected chi connectivity index (χ1v) is 10.8. The zero-order valence-electron chi connectivity index (χ0n) is 16.3. The van der Waals surface area contributed by atoms with Crippen LogP contribution in [-0.2, 0) is 6.42 Å². The molecule has 3 heterocycles. The minimum atomic E-state index is -1.27. The Kier molecular flexibility index (Phi) is 4.58. The predicted molar refractivity (Wildman–Crippen MR) is 112 cm³/mol. The van der Waals surface area contributed by atoms with Gasteiger partial charge >= 0.3 is 5.97 Å². The van der Waals surface area contributed by atoms with E-state index in [4.69, 9.17) is 9.47 Å². The van der Waals surface area contributed by atoms with Crippen molar-refractivity contribution < 1.29 is 19.4 Å². The van der Waals surface area contributed by atoms with Crippen LogP contribution in [0.15, 0.2) is 40.1 Å². The lowest BCUT2D eigenvalue weighted by atomic mass is 10.0. The third-order valence-corrected chi connectivity index (χ3v) is 6.10. The number of aromatic nitrogens is 2. The van der Waals surface area contributed by atoms with Crippen molar-refractivity contribution >= 4 is 17.3 Å². The summed E-state index contributed by atoms with van der Waals surface area (Å²) in [6, 6.07) is 5.23. The Morgan fingerprint density at radius 3 is 2.87 bits per heavy atom. The van der Waals surface area contributed by atoms with E-state index < -0.39 is 17.6 Å². The van der Waals surface area contributed by atoms with Crippen molar-refractivity contribution in [3.63, 3.8) is 0 Å². The van der Waals surface area contributed by atoms with Crippen LogP contribution in [0.3, 0.4) is 0 Å². The first-order chi connectivity index (χ1) is 14.5. The number of ether oxygens (including phenoxy) is 2. The molecule has 5 rings (SSSR count). The molecule has 1 aliphatic carbocycles. The Morgan fingerprint density at radius 2 is 2.20 bits per heavy atom. The maximum absolute atomic E-state index is 12.5. The molecule has 0 amide bonds. The van der Waals surface area contributed by atoms with Crippen molar-refractivity contribution in [2.24, 2.45) is 5.92 Å². The Morgan fingerprint density at radius 1 is 1.37 bits per heavy atom. The highest BCUT2D eigenvalue weighted by Crippen LogP contribution is 2.43. The first kappa shape index (κ1) is 18.9. The summed E-state index contributed by atoms with van der Waals surface area (Å²) in [5.74, 6) is 0.746. The molecule has 1 fully saturated rings. The summed E-state index contributed by atoms with van der Waals surface area (Å²) in [5, 5.41) is 11.3. The standard InChI is InChI=1S/C22H20N2O5S/c1-2-13-5-14-17-6-18(25)15(22(26)27)8-24(17)21(16-10-30-11-23-16)29-20(14)7-19(13)28-9-12-3-4-12/h5-8,10-12,21H,2-4,9H2,1H3,(H,26,27)/t21-/m1/s1. The molecule has 0 saturated heterocycles. The van der Waals surface area contributed by atoms with Crippen LogP contribution in [0.1, 0.15) is 47.6 Å². The SMILES string of the molecule is CCc1cc2c(cc1OCC1CC1)O[C@H](c1cscn1)n1cc(C(=O)O)c(=O)cc1-2. The van der Waals surface area contributed by atoms with Gasteiger partial charge in [-0.05, 0) is 36.8 Å². The van der Waals surface area contributed by atoms with Crippen LogP contribution < -0.4 is 14.9 Å². The molecule has 30 heavy (non-hydrogen) atoms. The fourth-order valence-electron chi connectivity index (χ4n) is 3.65. The van der Waals surface area contributed by atoms with Crippen LogP contribution in [-0.4, -0.2) is 27.2 Å². The largest absolute Gasteiger partial charge is 0.493 e. The molecule has 2 aromatic heterocycles. The fraction of sp³-hybridized carbons (Fsp3) is 0.318. The second kappa shape index (κ2) is 7.28. The number of benzene rings is 1. The number of pyridine rings is 1. The summed E-state index contributed by atoms with van der Waals surface area (Å²) in [6.45, 7) is 2.74. The highest BCUT2D eigenvalue weighted by molar-refractivity contribution is 7.07. The van der Waals surface area contributed by atoms with E-state index in [1.165, 1.54) is 36.4 Å². The van der Waals surface area contributed by atoms with Crippen molar-refractivity contribution in [3.8, 4) is 22.8 Å². The fourth-order valence-corrected chi connectivity index (χ4v) is 4.21. The molecule has 1 atom stereocenters. The lowest BCUT2D eigenvalue weighted by Crippen LogP contribution is -2.28. The highest BCUT2D eigenvalue weighted by atomic mass is 32.1. The van der Waals surface area contributed by atoms with Crippen molar-refractivity contribution in [1.29, 1.82) is 0 Å². The van der Waals surface area contributed by atoms with E-state index in [9.17, 15) is 14.7 Å². The topological polar surface area (TPSA) is 90.7 Å². The lowest BCUT2D eigenvalue weighted by molar-refractivity contribution is 0.0693. The average molecular weight is 424 g/mol. The van der Waals surface area contributed by atoms with Gasteiger partial charge in [0.2, 0.25) is 6.23 Å². The van der Waals surface area contributed by atoms with E-state index in [2.05, 4.69) is 4.98 Å². The van der Waals surface area contributed by atoms with Crippen LogP contribution in [0.5, 0.6) is 11.5 Å². The van der Waals surface area contributed by atoms with E-state index in [0.717, 1.165) is 23.3 Å². The second-order valence-electron chi connectivity index (χ2n) is 7.60. The quantitative estimate of drug-likeness (QED) is 0.644. The minimum Gasteiger partial charge on any atom is -0.493 e. The number of hydrogen-bond acceptors (Lipinski definition) is 6. The van der Waals surface area contributed by atoms with Crippen LogP contribution in [0, 0.1) is 5.92 Å². The molecule has 1 aliphatic heterocycles. The van der Waals surface area contributed by atoms with E-state index in [1.807, 2.05) is 24.4 Å². The zero-order valence-corrected chi connectivity index (χ0v) is 17.1. The Labute approximate surface area is 176 Å². The molecule has 1 aromatic carbocycles. The number of carbonyl (C=O) groups is 1. The van der Waals surface area contributed by atoms with Crippen molar-refractivity contribution in [2.45, 2.75) is 32.4 Å². The maximum Gasteiger partial charge on any atom is 0.341 e. The van der Waals surface area contributed by atoms with E-state index in [-0.39, 0.29) is 5.56 Å². The molecule has 0 spiro atoms. The van der Waals surface area contributed by atoms with Gasteiger partial charge in [-0.1, -0.05) is 6.92 Å². The van der Waals surface area contributed by atoms with Gasteiger partial charge in [0.1, 0.15) is 22.8 Å². The molecular weight excluding hydrogens is 404 g/mol. The van der Waals surface area contributed by atoms with E-state index >= 15 is 0 Å². The van der Waals surface area contributed by atoms with Gasteiger partial charge in [0.05, 0.1) is 17.8 Å². The number of carboxylic acid groups (broad SMARTS) is 1. The summed E-state index contributed by atoms with van der Waals surface area (Å²) in [7, 11) is 0. The molecule has 0 radical (unpaired) electrons. The van der Waals surface area contributed by atoms with Gasteiger partial charge in [0.25, 0.3) is 0 Å². The monoisotopic (exact) mass is 424 g/mol. The van der Waals surface area contributed by atoms with Gasteiger partial charge < -0.3 is 19.1 Å². The van der Waals surface area contributed by atoms with Gasteiger partial charge in [0, 0.05) is 29.3 Å². The van der Waals surface area contributed by atoms with Crippen molar-refractivity contribution in [2.75, 3.05) is 6.61 Å². The third kappa shape index (κ3) is 3.27. The number of carboxylic acids is 1. The summed E-state index contributed by atoms with van der Waals surface area (Å²) in [6.07, 6.45) is 3.85. The number of rotatable bonds is 6. The van der Waals surface area contributed by atoms with E-state index in [0.29, 0.717) is 29.7 Å². The maximum atomic E-state index is 12.5. The van der Waals surface area contributed by atoms with Crippen molar-refractivity contribution in [1.82, 2.24) is 9.55 Å². The predicted octanol–water partition coefficient (Wildman–Crippen LogP) is 3.96. The summed E-state index contributed by atoms with van der Waals surface area (Å²) in [4.78, 5) is 28.4. The Bertz CT molecular complexity index is 1180. The molecule has 8 heteroatoms. The number of thiazole rings is 1. The average Bonchev–Trinajstić information content (AvgIpc) is 3.41. The van der Waals surface area contributed by atoms with Gasteiger partial charge in [-0.2, -0.15) is 0 Å². The smallest absolute Gasteiger partial charge is 0.341 e. The normalized spacial score (nSPS) is 17.0. The minimum absolute atomic E-state index is 0.300. The number of aryl methyl sites for hydroxylation is 1. The Hall–Kier alpha value is -3.13. The molecule has 2 aliphatic rings. The second-order valence-corrected chi connectivity index (χ2v) is 8.32. The van der Waals surface area contributed by atoms with Gasteiger partial charge in [0.15, 0.2) is 5.43 Å². The molecular formula is C22H20N2O5S. The number of aromatic carboxylic acids is 1. The summed E-state index contributed by atoms with van der Waals surface area (Å²) in [5.41, 5.74) is 3.87. The summed E-state index contributed by atoms with van der Waals surface area (Å²) >= 11 is 1.42. The van der Waals surface area contributed by atoms with Gasteiger partial charge in [-0.25, -0.2) is 9.78 Å². The zero-order chi connectivity index (χ0) is 20.8. The Balaban J connectivity index is 1.67. The van der Waals surface area contributed by atoms with Crippen LogP contribution in [0.4, 0.5) is 0 Å². The molecule has 7 nitrogen and oxygen atoms in total. The van der Waals surface area contributed by atoms with Crippen LogP contribution in [0.25, 0.3) is 11.3 Å². The molecule has 3 aromatic rings. The summed E-state index contributed by atoms with van der Waals surface area (Å²) < 4.78 is 14.0. The highest BCUT2D eigenvalue weighted by Gasteiger charge is 2.31. The number of fused-ring (bicyclic) bond motifs is 3. The molecule has 1 N–H and O–H groups in total. The van der Waals surface area contributed by atoms with Gasteiger partial charge in [-0.15, -0.1) is 11.3 Å². The number of nitrogens with zero attached hydrogens (tertiary/aromatic N) is 2. The van der Waals surface area contributed by atoms with Gasteiger partial charge in [-0.3, -0.25) is 4.79 Å². The number of hydrogen-bond donors (Lipinski definition) is 1. The first-order valence-electron chi connectivity index (χ1n) is 9.89. The lowest BCUT2D eigenvalue weighted by Gasteiger charge is -2.31. The van der Waals surface area contributed by atoms with E-state index in [1.54, 1.807) is 10.1 Å². The third-order valence-electron chi connectivity index (χ3n) is 5.50. The molecule has 1 saturated carbocycles. The van der Waals surface area contributed by atoms with Crippen LogP contribution >= 0.6 is 11.3 Å². The van der Waals surface area contributed by atoms with Crippen molar-refractivity contribution in [3.05, 3.63) is 62.3 Å². The molecule has 0 bridgehead atoms. The van der Waals surface area contributed by atoms with Crippen LogP contribution in [0.2, 0.25) is 0 Å². The molecule has 0 unspecified atom stereocenters.